The molecule has 8 heteroatoms. The fourth-order valence-electron chi connectivity index (χ4n) is 4.08. The van der Waals surface area contributed by atoms with Crippen molar-refractivity contribution in [3.05, 3.63) is 83.6 Å². The van der Waals surface area contributed by atoms with Crippen molar-refractivity contribution in [3.63, 3.8) is 0 Å². The number of aromatic nitrogens is 1. The molecule has 172 valence electrons. The zero-order chi connectivity index (χ0) is 23.8. The summed E-state index contributed by atoms with van der Waals surface area (Å²) in [6.45, 7) is 3.92. The molecule has 3 aromatic rings. The Morgan fingerprint density at radius 2 is 1.82 bits per heavy atom. The van der Waals surface area contributed by atoms with Gasteiger partial charge in [-0.15, -0.1) is 0 Å². The smallest absolute Gasteiger partial charge is 0.301 e. The largest absolute Gasteiger partial charge is 0.507 e. The second-order valence-corrected chi connectivity index (χ2v) is 8.16. The highest BCUT2D eigenvalue weighted by Gasteiger charge is 2.47. The number of hydrogen-bond acceptors (Lipinski definition) is 7. The Hall–Kier alpha value is -4.33. The molecule has 0 bridgehead atoms. The minimum atomic E-state index is -0.906. The number of fused-ring (bicyclic) bond motifs is 1. The average Bonchev–Trinajstić information content (AvgIpc) is 3.41. The van der Waals surface area contributed by atoms with Gasteiger partial charge < -0.3 is 19.3 Å². The van der Waals surface area contributed by atoms with Crippen LogP contribution in [0.3, 0.4) is 0 Å². The van der Waals surface area contributed by atoms with E-state index < -0.39 is 17.7 Å². The molecule has 1 saturated heterocycles. The number of carbonyl (C=O) groups is 2. The van der Waals surface area contributed by atoms with E-state index in [0.29, 0.717) is 34.2 Å². The number of carbonyl (C=O) groups excluding carboxylic acids is 2. The number of rotatable bonds is 5. The molecule has 8 nitrogen and oxygen atoms in total. The van der Waals surface area contributed by atoms with Crippen molar-refractivity contribution in [1.29, 1.82) is 0 Å². The van der Waals surface area contributed by atoms with Gasteiger partial charge in [-0.1, -0.05) is 12.1 Å². The molecule has 2 aromatic carbocycles. The molecule has 0 radical (unpaired) electrons. The molecule has 1 fully saturated rings. The van der Waals surface area contributed by atoms with Crippen LogP contribution in [0.25, 0.3) is 5.76 Å². The lowest BCUT2D eigenvalue weighted by Gasteiger charge is -2.24. The van der Waals surface area contributed by atoms with Crippen LogP contribution in [-0.4, -0.2) is 34.7 Å². The first-order chi connectivity index (χ1) is 16.4. The fourth-order valence-corrected chi connectivity index (χ4v) is 4.08. The first-order valence-electron chi connectivity index (χ1n) is 10.8. The van der Waals surface area contributed by atoms with E-state index in [1.807, 2.05) is 13.8 Å². The zero-order valence-electron chi connectivity index (χ0n) is 18.6. The molecular formula is C26H22N2O6. The van der Waals surface area contributed by atoms with Gasteiger partial charge in [0.1, 0.15) is 17.3 Å². The molecule has 1 N–H and O–H groups in total. The lowest BCUT2D eigenvalue weighted by Crippen LogP contribution is -2.30. The molecule has 2 aliphatic heterocycles. The summed E-state index contributed by atoms with van der Waals surface area (Å²) in [7, 11) is 0. The zero-order valence-corrected chi connectivity index (χ0v) is 18.6. The van der Waals surface area contributed by atoms with E-state index in [-0.39, 0.29) is 24.2 Å². The number of Topliss-reactive ketones (excluding diaryl/α,β-unsaturated/α-hetero) is 1. The summed E-state index contributed by atoms with van der Waals surface area (Å²) >= 11 is 0. The number of ketones is 1. The Kier molecular flexibility index (Phi) is 5.41. The van der Waals surface area contributed by atoms with Gasteiger partial charge in [0.25, 0.3) is 5.78 Å². The van der Waals surface area contributed by atoms with Crippen LogP contribution in [0.4, 0.5) is 5.82 Å². The van der Waals surface area contributed by atoms with Gasteiger partial charge in [-0.2, -0.15) is 0 Å². The Labute approximate surface area is 196 Å². The van der Waals surface area contributed by atoms with Crippen LogP contribution in [0, 0.1) is 0 Å². The summed E-state index contributed by atoms with van der Waals surface area (Å²) in [4.78, 5) is 31.9. The highest BCUT2D eigenvalue weighted by molar-refractivity contribution is 6.51. The Morgan fingerprint density at radius 3 is 2.53 bits per heavy atom. The summed E-state index contributed by atoms with van der Waals surface area (Å²) < 4.78 is 16.6. The van der Waals surface area contributed by atoms with E-state index in [4.69, 9.17) is 14.2 Å². The molecule has 1 unspecified atom stereocenters. The molecule has 34 heavy (non-hydrogen) atoms. The number of benzene rings is 2. The van der Waals surface area contributed by atoms with Gasteiger partial charge in [0, 0.05) is 11.8 Å². The maximum atomic E-state index is 13.2. The van der Waals surface area contributed by atoms with Gasteiger partial charge >= 0.3 is 5.91 Å². The van der Waals surface area contributed by atoms with E-state index in [2.05, 4.69) is 4.98 Å². The number of anilines is 1. The van der Waals surface area contributed by atoms with Crippen LogP contribution in [0.15, 0.2) is 72.4 Å². The van der Waals surface area contributed by atoms with Crippen molar-refractivity contribution in [2.45, 2.75) is 26.0 Å². The van der Waals surface area contributed by atoms with Crippen LogP contribution in [0.5, 0.6) is 17.2 Å². The molecule has 0 saturated carbocycles. The lowest BCUT2D eigenvalue weighted by atomic mass is 9.95. The number of amides is 1. The number of hydrogen-bond donors (Lipinski definition) is 1. The number of pyridine rings is 1. The molecule has 5 rings (SSSR count). The highest BCUT2D eigenvalue weighted by Crippen LogP contribution is 2.44. The van der Waals surface area contributed by atoms with Gasteiger partial charge in [-0.05, 0) is 67.9 Å². The quantitative estimate of drug-likeness (QED) is 0.347. The summed E-state index contributed by atoms with van der Waals surface area (Å²) in [6, 6.07) is 16.1. The van der Waals surface area contributed by atoms with E-state index >= 15 is 0 Å². The summed E-state index contributed by atoms with van der Waals surface area (Å²) in [5.74, 6) is 0.143. The van der Waals surface area contributed by atoms with Crippen molar-refractivity contribution < 1.29 is 28.9 Å². The molecule has 1 aromatic heterocycles. The number of aliphatic hydroxyl groups excluding tert-OH is 1. The van der Waals surface area contributed by atoms with Gasteiger partial charge in [0.2, 0.25) is 6.79 Å². The van der Waals surface area contributed by atoms with Crippen molar-refractivity contribution in [2.24, 2.45) is 0 Å². The number of nitrogens with zero attached hydrogens (tertiary/aromatic N) is 2. The van der Waals surface area contributed by atoms with Crippen LogP contribution < -0.4 is 19.1 Å². The van der Waals surface area contributed by atoms with Crippen molar-refractivity contribution >= 4 is 23.3 Å². The van der Waals surface area contributed by atoms with Crippen LogP contribution in [0.1, 0.15) is 31.0 Å². The van der Waals surface area contributed by atoms with Gasteiger partial charge in [-0.25, -0.2) is 4.98 Å². The monoisotopic (exact) mass is 458 g/mol. The maximum Gasteiger partial charge on any atom is 0.301 e. The predicted molar refractivity (Wildman–Crippen MR) is 124 cm³/mol. The third-order valence-electron chi connectivity index (χ3n) is 5.55. The summed E-state index contributed by atoms with van der Waals surface area (Å²) in [5, 5.41) is 11.2. The predicted octanol–water partition coefficient (Wildman–Crippen LogP) is 4.22. The number of ether oxygens (including phenoxy) is 3. The van der Waals surface area contributed by atoms with Gasteiger partial charge in [0.15, 0.2) is 11.5 Å². The molecule has 1 amide bonds. The minimum absolute atomic E-state index is 0.00542. The van der Waals surface area contributed by atoms with Crippen molar-refractivity contribution in [1.82, 2.24) is 4.98 Å². The Balaban J connectivity index is 1.65. The van der Waals surface area contributed by atoms with Crippen molar-refractivity contribution in [2.75, 3.05) is 11.7 Å². The first kappa shape index (κ1) is 21.5. The summed E-state index contributed by atoms with van der Waals surface area (Å²) in [6.07, 6.45) is 1.54. The molecular weight excluding hydrogens is 436 g/mol. The number of aliphatic hydroxyl groups is 1. The molecule has 1 atom stereocenters. The minimum Gasteiger partial charge on any atom is -0.507 e. The van der Waals surface area contributed by atoms with Crippen LogP contribution in [0.2, 0.25) is 0 Å². The van der Waals surface area contributed by atoms with E-state index in [1.165, 1.54) is 4.90 Å². The molecule has 2 aliphatic rings. The van der Waals surface area contributed by atoms with Gasteiger partial charge in [0.05, 0.1) is 17.7 Å². The van der Waals surface area contributed by atoms with Gasteiger partial charge in [-0.3, -0.25) is 14.5 Å². The van der Waals surface area contributed by atoms with Crippen molar-refractivity contribution in [3.8, 4) is 17.2 Å². The topological polar surface area (TPSA) is 98.2 Å². The first-order valence-corrected chi connectivity index (χ1v) is 10.8. The third-order valence-corrected chi connectivity index (χ3v) is 5.55. The third kappa shape index (κ3) is 3.73. The Bertz CT molecular complexity index is 1280. The normalized spacial score (nSPS) is 18.6. The second-order valence-electron chi connectivity index (χ2n) is 8.16. The molecule has 3 heterocycles. The lowest BCUT2D eigenvalue weighted by molar-refractivity contribution is -0.132. The summed E-state index contributed by atoms with van der Waals surface area (Å²) in [5.41, 5.74) is 0.934. The maximum absolute atomic E-state index is 13.2. The van der Waals surface area contributed by atoms with Crippen LogP contribution >= 0.6 is 0 Å². The highest BCUT2D eigenvalue weighted by atomic mass is 16.7. The fraction of sp³-hybridized carbons (Fsp3) is 0.192. The Morgan fingerprint density at radius 1 is 1.06 bits per heavy atom. The second kappa shape index (κ2) is 8.55. The van der Waals surface area contributed by atoms with E-state index in [0.717, 1.165) is 0 Å². The molecule has 0 aliphatic carbocycles. The van der Waals surface area contributed by atoms with E-state index in [1.54, 1.807) is 66.9 Å². The van der Waals surface area contributed by atoms with Crippen LogP contribution in [-0.2, 0) is 9.59 Å². The average molecular weight is 458 g/mol. The molecule has 0 spiro atoms. The van der Waals surface area contributed by atoms with E-state index in [9.17, 15) is 14.7 Å². The SMILES string of the molecule is CC(C)Oc1ccc(C(O)=C2C(=O)C(=O)N(c3ccccn3)C2c2ccc3c(c2)OCO3)cc1. The standard InChI is InChI=1S/C26H22N2O6/c1-15(2)34-18-9-6-16(7-10-18)24(29)22-23(17-8-11-19-20(13-17)33-14-32-19)28(26(31)25(22)30)21-5-3-4-12-27-21/h3-13,15,23,29H,14H2,1-2H3.